The molecule has 156 valence electrons. The summed E-state index contributed by atoms with van der Waals surface area (Å²) in [5, 5.41) is 9.43. The molecule has 1 saturated heterocycles. The van der Waals surface area contributed by atoms with Crippen molar-refractivity contribution < 1.29 is 18.7 Å². The van der Waals surface area contributed by atoms with Crippen LogP contribution in [-0.4, -0.2) is 71.6 Å². The first-order chi connectivity index (χ1) is 14.0. The van der Waals surface area contributed by atoms with Gasteiger partial charge in [0.25, 0.3) is 0 Å². The lowest BCUT2D eigenvalue weighted by Crippen LogP contribution is -2.56. The fourth-order valence-corrected chi connectivity index (χ4v) is 3.33. The summed E-state index contributed by atoms with van der Waals surface area (Å²) in [6.07, 6.45) is 4.23. The number of aromatic nitrogens is 2. The molecule has 2 N–H and O–H groups in total. The molecule has 1 aromatic heterocycles. The van der Waals surface area contributed by atoms with Crippen molar-refractivity contribution in [3.8, 4) is 5.75 Å². The molecule has 2 heterocycles. The van der Waals surface area contributed by atoms with Gasteiger partial charge in [0.05, 0.1) is 25.8 Å². The van der Waals surface area contributed by atoms with Gasteiger partial charge < -0.3 is 15.0 Å². The highest BCUT2D eigenvalue weighted by molar-refractivity contribution is 5.88. The molecule has 0 radical (unpaired) electrons. The van der Waals surface area contributed by atoms with E-state index in [4.69, 9.17) is 4.74 Å². The number of methoxy groups -OCH3 is 1. The Morgan fingerprint density at radius 1 is 1.45 bits per heavy atom. The number of likely N-dealkylation sites (N-methyl/N-ethyl adjacent to an activating group) is 1. The Hall–Kier alpha value is -2.94. The first kappa shape index (κ1) is 20.8. The zero-order chi connectivity index (χ0) is 20.8. The van der Waals surface area contributed by atoms with Crippen LogP contribution in [-0.2, 0) is 22.6 Å². The predicted octanol–water partition coefficient (Wildman–Crippen LogP) is 0.949. The van der Waals surface area contributed by atoms with E-state index in [0.29, 0.717) is 37.4 Å². The summed E-state index contributed by atoms with van der Waals surface area (Å²) in [6, 6.07) is 4.03. The third-order valence-corrected chi connectivity index (χ3v) is 5.16. The third-order valence-electron chi connectivity index (χ3n) is 5.16. The number of hydrogen-bond donors (Lipinski definition) is 2. The molecule has 1 atom stereocenters. The van der Waals surface area contributed by atoms with Crippen molar-refractivity contribution in [3.63, 3.8) is 0 Å². The Bertz CT molecular complexity index is 843. The van der Waals surface area contributed by atoms with Gasteiger partial charge in [0.2, 0.25) is 11.8 Å². The first-order valence-electron chi connectivity index (χ1n) is 9.53. The molecule has 0 saturated carbocycles. The number of amides is 2. The number of piperazine rings is 1. The molecule has 1 aliphatic rings. The van der Waals surface area contributed by atoms with E-state index in [0.717, 1.165) is 5.56 Å². The second-order valence-corrected chi connectivity index (χ2v) is 7.11. The van der Waals surface area contributed by atoms with Gasteiger partial charge in [-0.25, -0.2) is 4.39 Å². The summed E-state index contributed by atoms with van der Waals surface area (Å²) >= 11 is 0. The number of nitrogens with zero attached hydrogens (tertiary/aromatic N) is 3. The molecule has 3 rings (SSSR count). The van der Waals surface area contributed by atoms with Crippen molar-refractivity contribution in [1.82, 2.24) is 25.3 Å². The normalized spacial score (nSPS) is 17.1. The van der Waals surface area contributed by atoms with Crippen molar-refractivity contribution >= 4 is 11.8 Å². The van der Waals surface area contributed by atoms with E-state index in [1.807, 2.05) is 4.90 Å². The topological polar surface area (TPSA) is 90.6 Å². The van der Waals surface area contributed by atoms with Crippen molar-refractivity contribution in [1.29, 1.82) is 0 Å². The monoisotopic (exact) mass is 403 g/mol. The average Bonchev–Trinajstić information content (AvgIpc) is 3.23. The van der Waals surface area contributed by atoms with Gasteiger partial charge in [-0.2, -0.15) is 5.10 Å². The van der Waals surface area contributed by atoms with E-state index in [2.05, 4.69) is 15.5 Å². The minimum Gasteiger partial charge on any atom is -0.497 e. The van der Waals surface area contributed by atoms with Crippen molar-refractivity contribution in [3.05, 3.63) is 47.5 Å². The zero-order valence-electron chi connectivity index (χ0n) is 16.7. The van der Waals surface area contributed by atoms with Gasteiger partial charge in [-0.1, -0.05) is 6.07 Å². The fraction of sp³-hybridized carbons (Fsp3) is 0.450. The van der Waals surface area contributed by atoms with Crippen LogP contribution in [0.1, 0.15) is 17.5 Å². The van der Waals surface area contributed by atoms with E-state index in [1.54, 1.807) is 36.5 Å². The van der Waals surface area contributed by atoms with E-state index in [-0.39, 0.29) is 24.8 Å². The highest BCUT2D eigenvalue weighted by Crippen LogP contribution is 2.20. The van der Waals surface area contributed by atoms with Crippen LogP contribution >= 0.6 is 0 Å². The van der Waals surface area contributed by atoms with Crippen molar-refractivity contribution in [2.24, 2.45) is 0 Å². The largest absolute Gasteiger partial charge is 0.497 e. The maximum Gasteiger partial charge on any atom is 0.237 e. The summed E-state index contributed by atoms with van der Waals surface area (Å²) in [6.45, 7) is 1.80. The van der Waals surface area contributed by atoms with Gasteiger partial charge in [-0.3, -0.25) is 19.6 Å². The highest BCUT2D eigenvalue weighted by Gasteiger charge is 2.32. The molecular weight excluding hydrogens is 377 g/mol. The Balaban J connectivity index is 1.63. The summed E-state index contributed by atoms with van der Waals surface area (Å²) in [5.74, 6) is -0.288. The van der Waals surface area contributed by atoms with Crippen LogP contribution < -0.4 is 10.1 Å². The number of rotatable bonds is 8. The first-order valence-corrected chi connectivity index (χ1v) is 9.53. The number of aromatic amines is 1. The molecule has 0 aliphatic carbocycles. The minimum atomic E-state index is -0.630. The molecule has 2 amide bonds. The molecule has 1 aromatic carbocycles. The number of H-pyrrole nitrogens is 1. The number of nitrogens with one attached hydrogen (secondary N) is 2. The van der Waals surface area contributed by atoms with Gasteiger partial charge >= 0.3 is 0 Å². The standard InChI is InChI=1S/C20H26FN5O3/c1-25(7-5-14-11-23-24-12-14)19(27)10-18-20(28)22-6-8-26(18)13-15-3-4-16(29-2)9-17(15)21/h3-4,9,11-12,18H,5-8,10,13H2,1-2H3,(H,22,28)(H,23,24)/t18-/m0/s1. The minimum absolute atomic E-state index is 0.0471. The van der Waals surface area contributed by atoms with Gasteiger partial charge in [0.15, 0.2) is 0 Å². The Labute approximate surface area is 169 Å². The molecule has 0 spiro atoms. The molecule has 1 aliphatic heterocycles. The maximum atomic E-state index is 14.4. The van der Waals surface area contributed by atoms with Crippen LogP contribution in [0.15, 0.2) is 30.6 Å². The second kappa shape index (κ2) is 9.51. The number of hydrogen-bond acceptors (Lipinski definition) is 5. The van der Waals surface area contributed by atoms with Gasteiger partial charge in [-0.05, 0) is 18.1 Å². The zero-order valence-corrected chi connectivity index (χ0v) is 16.7. The van der Waals surface area contributed by atoms with Crippen LogP contribution in [0.25, 0.3) is 0 Å². The van der Waals surface area contributed by atoms with E-state index >= 15 is 0 Å². The number of ether oxygens (including phenoxy) is 1. The molecule has 0 bridgehead atoms. The second-order valence-electron chi connectivity index (χ2n) is 7.11. The Morgan fingerprint density at radius 3 is 2.97 bits per heavy atom. The summed E-state index contributed by atoms with van der Waals surface area (Å²) in [4.78, 5) is 28.6. The Kier molecular flexibility index (Phi) is 6.82. The third kappa shape index (κ3) is 5.32. The van der Waals surface area contributed by atoms with Crippen LogP contribution in [0, 0.1) is 5.82 Å². The van der Waals surface area contributed by atoms with E-state index in [1.165, 1.54) is 13.2 Å². The predicted molar refractivity (Wildman–Crippen MR) is 105 cm³/mol. The molecule has 1 fully saturated rings. The average molecular weight is 403 g/mol. The summed E-state index contributed by atoms with van der Waals surface area (Å²) in [5.41, 5.74) is 1.47. The van der Waals surface area contributed by atoms with Crippen LogP contribution in [0.5, 0.6) is 5.75 Å². The number of halogens is 1. The number of benzene rings is 1. The van der Waals surface area contributed by atoms with Gasteiger partial charge in [0, 0.05) is 51.1 Å². The molecule has 8 nitrogen and oxygen atoms in total. The lowest BCUT2D eigenvalue weighted by molar-refractivity contribution is -0.138. The molecule has 9 heteroatoms. The van der Waals surface area contributed by atoms with Gasteiger partial charge in [0.1, 0.15) is 11.6 Å². The Morgan fingerprint density at radius 2 is 2.28 bits per heavy atom. The lowest BCUT2D eigenvalue weighted by atomic mass is 10.1. The molecule has 0 unspecified atom stereocenters. The summed E-state index contributed by atoms with van der Waals surface area (Å²) < 4.78 is 19.4. The van der Waals surface area contributed by atoms with Crippen LogP contribution in [0.3, 0.4) is 0 Å². The summed E-state index contributed by atoms with van der Waals surface area (Å²) in [7, 11) is 3.20. The SMILES string of the molecule is COc1ccc(CN2CCNC(=O)[C@@H]2CC(=O)N(C)CCc2cn[nH]c2)c(F)c1. The van der Waals surface area contributed by atoms with Crippen LogP contribution in [0.4, 0.5) is 4.39 Å². The smallest absolute Gasteiger partial charge is 0.237 e. The number of carbonyl (C=O) groups is 2. The quantitative estimate of drug-likeness (QED) is 0.685. The molecule has 29 heavy (non-hydrogen) atoms. The molecule has 2 aromatic rings. The maximum absolute atomic E-state index is 14.4. The van der Waals surface area contributed by atoms with E-state index in [9.17, 15) is 14.0 Å². The molecular formula is C20H26FN5O3. The van der Waals surface area contributed by atoms with Crippen molar-refractivity contribution in [2.45, 2.75) is 25.4 Å². The van der Waals surface area contributed by atoms with Gasteiger partial charge in [-0.15, -0.1) is 0 Å². The fourth-order valence-electron chi connectivity index (χ4n) is 3.33. The van der Waals surface area contributed by atoms with E-state index < -0.39 is 11.9 Å². The highest BCUT2D eigenvalue weighted by atomic mass is 19.1. The van der Waals surface area contributed by atoms with Crippen molar-refractivity contribution in [2.75, 3.05) is 33.8 Å². The number of carbonyl (C=O) groups excluding carboxylic acids is 2. The lowest BCUT2D eigenvalue weighted by Gasteiger charge is -2.35. The van der Waals surface area contributed by atoms with Crippen LogP contribution in [0.2, 0.25) is 0 Å².